The molecule has 0 radical (unpaired) electrons. The molecule has 0 saturated carbocycles. The van der Waals surface area contributed by atoms with Crippen molar-refractivity contribution < 1.29 is 4.74 Å². The van der Waals surface area contributed by atoms with Crippen molar-refractivity contribution in [2.75, 3.05) is 32.0 Å². The standard InChI is InChI=1S/C15H22N2O/c16-13-1-2-14-12(9-13)3-6-17-10-15(14)11-4-7-18-8-5-11/h1-2,9,11,15,17H,3-8,10,16H2. The average molecular weight is 246 g/mol. The largest absolute Gasteiger partial charge is 0.399 e. The van der Waals surface area contributed by atoms with Crippen LogP contribution >= 0.6 is 0 Å². The van der Waals surface area contributed by atoms with Crippen LogP contribution in [0, 0.1) is 5.92 Å². The normalized spacial score (nSPS) is 25.4. The number of hydrogen-bond acceptors (Lipinski definition) is 3. The quantitative estimate of drug-likeness (QED) is 0.744. The molecule has 1 fully saturated rings. The van der Waals surface area contributed by atoms with E-state index in [2.05, 4.69) is 23.5 Å². The summed E-state index contributed by atoms with van der Waals surface area (Å²) in [6, 6.07) is 6.46. The molecule has 2 heterocycles. The molecule has 1 atom stereocenters. The number of rotatable bonds is 1. The fraction of sp³-hybridized carbons (Fsp3) is 0.600. The van der Waals surface area contributed by atoms with Crippen molar-refractivity contribution in [3.63, 3.8) is 0 Å². The summed E-state index contributed by atoms with van der Waals surface area (Å²) in [4.78, 5) is 0. The Bertz CT molecular complexity index is 413. The fourth-order valence-corrected chi connectivity index (χ4v) is 3.33. The van der Waals surface area contributed by atoms with Crippen LogP contribution in [-0.2, 0) is 11.2 Å². The number of anilines is 1. The summed E-state index contributed by atoms with van der Waals surface area (Å²) in [5.74, 6) is 1.39. The highest BCUT2D eigenvalue weighted by Crippen LogP contribution is 2.35. The molecule has 0 amide bonds. The van der Waals surface area contributed by atoms with Gasteiger partial charge in [-0.25, -0.2) is 0 Å². The minimum Gasteiger partial charge on any atom is -0.399 e. The molecule has 3 rings (SSSR count). The van der Waals surface area contributed by atoms with Crippen LogP contribution in [0.15, 0.2) is 18.2 Å². The second-order valence-corrected chi connectivity index (χ2v) is 5.47. The second-order valence-electron chi connectivity index (χ2n) is 5.47. The molecule has 0 bridgehead atoms. The third-order valence-corrected chi connectivity index (χ3v) is 4.34. The zero-order valence-corrected chi connectivity index (χ0v) is 10.8. The molecule has 3 heteroatoms. The molecule has 0 aromatic heterocycles. The van der Waals surface area contributed by atoms with Crippen molar-refractivity contribution in [3.05, 3.63) is 29.3 Å². The van der Waals surface area contributed by atoms with Gasteiger partial charge in [0.15, 0.2) is 0 Å². The van der Waals surface area contributed by atoms with E-state index >= 15 is 0 Å². The molecule has 0 spiro atoms. The highest BCUT2D eigenvalue weighted by Gasteiger charge is 2.28. The molecule has 1 aromatic rings. The summed E-state index contributed by atoms with van der Waals surface area (Å²) >= 11 is 0. The third-order valence-electron chi connectivity index (χ3n) is 4.34. The lowest BCUT2D eigenvalue weighted by atomic mass is 9.79. The summed E-state index contributed by atoms with van der Waals surface area (Å²) in [7, 11) is 0. The van der Waals surface area contributed by atoms with E-state index in [-0.39, 0.29) is 0 Å². The molecule has 1 saturated heterocycles. The van der Waals surface area contributed by atoms with Gasteiger partial charge in [-0.05, 0) is 60.9 Å². The molecule has 3 N–H and O–H groups in total. The number of hydrogen-bond donors (Lipinski definition) is 2. The molecule has 1 aromatic carbocycles. The van der Waals surface area contributed by atoms with E-state index in [1.165, 1.54) is 24.0 Å². The van der Waals surface area contributed by atoms with Crippen molar-refractivity contribution in [1.82, 2.24) is 5.32 Å². The highest BCUT2D eigenvalue weighted by molar-refractivity contribution is 5.46. The van der Waals surface area contributed by atoms with Crippen molar-refractivity contribution in [1.29, 1.82) is 0 Å². The maximum atomic E-state index is 5.92. The number of ether oxygens (including phenoxy) is 1. The topological polar surface area (TPSA) is 47.3 Å². The summed E-state index contributed by atoms with van der Waals surface area (Å²) in [6.45, 7) is 4.01. The molecule has 2 aliphatic rings. The van der Waals surface area contributed by atoms with E-state index in [4.69, 9.17) is 10.5 Å². The second kappa shape index (κ2) is 5.29. The Hall–Kier alpha value is -1.06. The van der Waals surface area contributed by atoms with Crippen LogP contribution in [0.4, 0.5) is 5.69 Å². The van der Waals surface area contributed by atoms with Gasteiger partial charge in [0.05, 0.1) is 0 Å². The van der Waals surface area contributed by atoms with E-state index in [1.54, 1.807) is 0 Å². The van der Waals surface area contributed by atoms with Gasteiger partial charge in [0.2, 0.25) is 0 Å². The number of benzene rings is 1. The zero-order valence-electron chi connectivity index (χ0n) is 10.8. The first-order valence-electron chi connectivity index (χ1n) is 7.01. The van der Waals surface area contributed by atoms with Crippen LogP contribution in [0.5, 0.6) is 0 Å². The van der Waals surface area contributed by atoms with Crippen molar-refractivity contribution in [2.24, 2.45) is 5.92 Å². The van der Waals surface area contributed by atoms with Gasteiger partial charge in [-0.1, -0.05) is 6.07 Å². The van der Waals surface area contributed by atoms with Gasteiger partial charge in [0, 0.05) is 25.4 Å². The van der Waals surface area contributed by atoms with Crippen molar-refractivity contribution in [3.8, 4) is 0 Å². The summed E-state index contributed by atoms with van der Waals surface area (Å²) in [5, 5.41) is 3.58. The Labute approximate surface area is 109 Å². The first kappa shape index (κ1) is 12.0. The molecule has 0 aliphatic carbocycles. The molecule has 18 heavy (non-hydrogen) atoms. The van der Waals surface area contributed by atoms with Crippen LogP contribution in [0.25, 0.3) is 0 Å². The van der Waals surface area contributed by atoms with Gasteiger partial charge in [0.25, 0.3) is 0 Å². The minimum atomic E-state index is 0.631. The van der Waals surface area contributed by atoms with E-state index in [1.807, 2.05) is 0 Å². The molecular weight excluding hydrogens is 224 g/mol. The Kier molecular flexibility index (Phi) is 3.52. The van der Waals surface area contributed by atoms with E-state index in [9.17, 15) is 0 Å². The van der Waals surface area contributed by atoms with E-state index < -0.39 is 0 Å². The number of nitrogen functional groups attached to an aromatic ring is 1. The van der Waals surface area contributed by atoms with Gasteiger partial charge in [-0.3, -0.25) is 0 Å². The fourth-order valence-electron chi connectivity index (χ4n) is 3.33. The van der Waals surface area contributed by atoms with Gasteiger partial charge in [0.1, 0.15) is 0 Å². The van der Waals surface area contributed by atoms with Crippen LogP contribution in [0.1, 0.15) is 29.9 Å². The summed E-state index contributed by atoms with van der Waals surface area (Å²) in [5.41, 5.74) is 9.76. The maximum absolute atomic E-state index is 5.92. The van der Waals surface area contributed by atoms with E-state index in [0.717, 1.165) is 44.3 Å². The van der Waals surface area contributed by atoms with E-state index in [0.29, 0.717) is 5.92 Å². The van der Waals surface area contributed by atoms with Crippen LogP contribution in [0.3, 0.4) is 0 Å². The minimum absolute atomic E-state index is 0.631. The van der Waals surface area contributed by atoms with Gasteiger partial charge < -0.3 is 15.8 Å². The molecule has 98 valence electrons. The number of nitrogens with two attached hydrogens (primary N) is 1. The van der Waals surface area contributed by atoms with Gasteiger partial charge >= 0.3 is 0 Å². The van der Waals surface area contributed by atoms with Crippen LogP contribution in [-0.4, -0.2) is 26.3 Å². The Morgan fingerprint density at radius 3 is 2.89 bits per heavy atom. The van der Waals surface area contributed by atoms with Crippen LogP contribution < -0.4 is 11.1 Å². The predicted octanol–water partition coefficient (Wildman–Crippen LogP) is 1.92. The van der Waals surface area contributed by atoms with Crippen LogP contribution in [0.2, 0.25) is 0 Å². The smallest absolute Gasteiger partial charge is 0.0468 e. The lowest BCUT2D eigenvalue weighted by Crippen LogP contribution is -2.29. The predicted molar refractivity (Wildman–Crippen MR) is 73.7 cm³/mol. The molecule has 2 aliphatic heterocycles. The lowest BCUT2D eigenvalue weighted by molar-refractivity contribution is 0.0579. The highest BCUT2D eigenvalue weighted by atomic mass is 16.5. The van der Waals surface area contributed by atoms with Crippen molar-refractivity contribution in [2.45, 2.75) is 25.2 Å². The maximum Gasteiger partial charge on any atom is 0.0468 e. The van der Waals surface area contributed by atoms with Gasteiger partial charge in [-0.15, -0.1) is 0 Å². The Balaban J connectivity index is 1.90. The third kappa shape index (κ3) is 2.38. The molecule has 3 nitrogen and oxygen atoms in total. The summed E-state index contributed by atoms with van der Waals surface area (Å²) in [6.07, 6.45) is 3.48. The number of fused-ring (bicyclic) bond motifs is 1. The lowest BCUT2D eigenvalue weighted by Gasteiger charge is -2.31. The van der Waals surface area contributed by atoms with Gasteiger partial charge in [-0.2, -0.15) is 0 Å². The SMILES string of the molecule is Nc1ccc2c(c1)CCNCC2C1CCOCC1. The first-order valence-corrected chi connectivity index (χ1v) is 7.01. The zero-order chi connectivity index (χ0) is 12.4. The molecular formula is C15H22N2O. The number of nitrogens with one attached hydrogen (secondary N) is 1. The average Bonchev–Trinajstić information content (AvgIpc) is 2.61. The van der Waals surface area contributed by atoms with Crippen molar-refractivity contribution >= 4 is 5.69 Å². The Morgan fingerprint density at radius 2 is 2.06 bits per heavy atom. The molecule has 1 unspecified atom stereocenters. The Morgan fingerprint density at radius 1 is 1.22 bits per heavy atom. The monoisotopic (exact) mass is 246 g/mol. The first-order chi connectivity index (χ1) is 8.84. The summed E-state index contributed by atoms with van der Waals surface area (Å²) < 4.78 is 5.49.